The third-order valence-electron chi connectivity index (χ3n) is 2.32. The molecular weight excluding hydrogens is 254 g/mol. The number of hydrogen-bond acceptors (Lipinski definition) is 2. The average Bonchev–Trinajstić information content (AvgIpc) is 2.20. The first kappa shape index (κ1) is 12.4. The van der Waals surface area contributed by atoms with Crippen LogP contribution in [0, 0.1) is 6.92 Å². The summed E-state index contributed by atoms with van der Waals surface area (Å²) in [5.41, 5.74) is 2.31. The molecule has 0 heterocycles. The van der Waals surface area contributed by atoms with Gasteiger partial charge in [-0.2, -0.15) is 0 Å². The molecule has 15 heavy (non-hydrogen) atoms. The van der Waals surface area contributed by atoms with Crippen molar-refractivity contribution < 1.29 is 4.74 Å². The zero-order valence-corrected chi connectivity index (χ0v) is 11.1. The number of methoxy groups -OCH3 is 1. The van der Waals surface area contributed by atoms with E-state index in [0.29, 0.717) is 0 Å². The Kier molecular flexibility index (Phi) is 4.95. The Morgan fingerprint density at radius 3 is 2.73 bits per heavy atom. The number of aryl methyl sites for hydroxylation is 1. The molecule has 0 amide bonds. The van der Waals surface area contributed by atoms with Gasteiger partial charge in [0.1, 0.15) is 5.75 Å². The number of benzene rings is 1. The molecule has 1 aromatic rings. The Bertz CT molecular complexity index is 326. The minimum Gasteiger partial charge on any atom is -0.495 e. The molecule has 3 heteroatoms. The molecule has 0 radical (unpaired) electrons. The highest BCUT2D eigenvalue weighted by atomic mass is 79.9. The lowest BCUT2D eigenvalue weighted by atomic mass is 10.2. The normalized spacial score (nSPS) is 10.1. The summed E-state index contributed by atoms with van der Waals surface area (Å²) in [6.07, 6.45) is 2.38. The molecular formula is C12H18BrNO. The van der Waals surface area contributed by atoms with Crippen LogP contribution < -0.4 is 10.1 Å². The van der Waals surface area contributed by atoms with Crippen molar-refractivity contribution in [3.63, 3.8) is 0 Å². The minimum absolute atomic E-state index is 0.901. The first-order valence-electron chi connectivity index (χ1n) is 5.27. The van der Waals surface area contributed by atoms with E-state index in [0.717, 1.165) is 22.5 Å². The van der Waals surface area contributed by atoms with Crippen LogP contribution in [0.4, 0.5) is 5.69 Å². The smallest absolute Gasteiger partial charge is 0.143 e. The van der Waals surface area contributed by atoms with Crippen molar-refractivity contribution in [2.45, 2.75) is 26.7 Å². The fourth-order valence-electron chi connectivity index (χ4n) is 1.49. The molecule has 0 aliphatic rings. The van der Waals surface area contributed by atoms with Gasteiger partial charge in [-0.15, -0.1) is 0 Å². The summed E-state index contributed by atoms with van der Waals surface area (Å²) in [5.74, 6) is 0.901. The van der Waals surface area contributed by atoms with Gasteiger partial charge >= 0.3 is 0 Å². The topological polar surface area (TPSA) is 21.3 Å². The van der Waals surface area contributed by atoms with Crippen LogP contribution in [0.15, 0.2) is 16.6 Å². The van der Waals surface area contributed by atoms with Crippen LogP contribution in [-0.2, 0) is 0 Å². The van der Waals surface area contributed by atoms with Gasteiger partial charge in [0, 0.05) is 11.0 Å². The first-order chi connectivity index (χ1) is 7.19. The molecule has 1 rings (SSSR count). The molecule has 0 aliphatic heterocycles. The Morgan fingerprint density at radius 2 is 2.13 bits per heavy atom. The molecule has 0 aliphatic carbocycles. The van der Waals surface area contributed by atoms with Crippen LogP contribution in [-0.4, -0.2) is 13.7 Å². The predicted octanol–water partition coefficient (Wildman–Crippen LogP) is 3.98. The summed E-state index contributed by atoms with van der Waals surface area (Å²) in [6, 6.07) is 4.08. The van der Waals surface area contributed by atoms with E-state index in [9.17, 15) is 0 Å². The maximum Gasteiger partial charge on any atom is 0.143 e. The van der Waals surface area contributed by atoms with E-state index in [-0.39, 0.29) is 0 Å². The number of hydrogen-bond donors (Lipinski definition) is 1. The number of unbranched alkanes of at least 4 members (excludes halogenated alkanes) is 1. The molecule has 0 saturated carbocycles. The number of rotatable bonds is 5. The second-order valence-electron chi connectivity index (χ2n) is 3.58. The zero-order chi connectivity index (χ0) is 11.3. The Balaban J connectivity index is 2.84. The summed E-state index contributed by atoms with van der Waals surface area (Å²) >= 11 is 3.46. The zero-order valence-electron chi connectivity index (χ0n) is 9.56. The SMILES string of the molecule is CCCCNc1c(C)cc(Br)cc1OC. The highest BCUT2D eigenvalue weighted by Crippen LogP contribution is 2.31. The van der Waals surface area contributed by atoms with E-state index in [1.807, 2.05) is 6.07 Å². The van der Waals surface area contributed by atoms with Crippen LogP contribution in [0.1, 0.15) is 25.3 Å². The van der Waals surface area contributed by atoms with Crippen LogP contribution in [0.5, 0.6) is 5.75 Å². The minimum atomic E-state index is 0.901. The third kappa shape index (κ3) is 3.42. The molecule has 0 fully saturated rings. The lowest BCUT2D eigenvalue weighted by Gasteiger charge is -2.14. The lowest BCUT2D eigenvalue weighted by Crippen LogP contribution is -2.04. The number of anilines is 1. The first-order valence-corrected chi connectivity index (χ1v) is 6.06. The molecule has 0 unspecified atom stereocenters. The van der Waals surface area contributed by atoms with Crippen molar-refractivity contribution in [2.24, 2.45) is 0 Å². The average molecular weight is 272 g/mol. The van der Waals surface area contributed by atoms with Gasteiger partial charge in [-0.05, 0) is 31.0 Å². The molecule has 0 saturated heterocycles. The van der Waals surface area contributed by atoms with Gasteiger partial charge in [0.2, 0.25) is 0 Å². The summed E-state index contributed by atoms with van der Waals surface area (Å²) in [5, 5.41) is 3.41. The Labute approximate surface area is 100 Å². The summed E-state index contributed by atoms with van der Waals surface area (Å²) in [6.45, 7) is 5.27. The molecule has 0 aromatic heterocycles. The van der Waals surface area contributed by atoms with Gasteiger partial charge in [0.05, 0.1) is 12.8 Å². The van der Waals surface area contributed by atoms with E-state index >= 15 is 0 Å². The van der Waals surface area contributed by atoms with E-state index in [2.05, 4.69) is 41.2 Å². The third-order valence-corrected chi connectivity index (χ3v) is 2.77. The maximum absolute atomic E-state index is 5.35. The standard InChI is InChI=1S/C12H18BrNO/c1-4-5-6-14-12-9(2)7-10(13)8-11(12)15-3/h7-8,14H,4-6H2,1-3H3. The monoisotopic (exact) mass is 271 g/mol. The van der Waals surface area contributed by atoms with Crippen LogP contribution in [0.3, 0.4) is 0 Å². The highest BCUT2D eigenvalue weighted by molar-refractivity contribution is 9.10. The summed E-state index contributed by atoms with van der Waals surface area (Å²) < 4.78 is 6.40. The molecule has 2 nitrogen and oxygen atoms in total. The van der Waals surface area contributed by atoms with E-state index < -0.39 is 0 Å². The van der Waals surface area contributed by atoms with Crippen molar-refractivity contribution in [1.29, 1.82) is 0 Å². The molecule has 0 bridgehead atoms. The molecule has 0 spiro atoms. The van der Waals surface area contributed by atoms with Gasteiger partial charge in [0.15, 0.2) is 0 Å². The summed E-state index contributed by atoms with van der Waals surface area (Å²) in [4.78, 5) is 0. The van der Waals surface area contributed by atoms with Crippen molar-refractivity contribution in [3.8, 4) is 5.75 Å². The lowest BCUT2D eigenvalue weighted by molar-refractivity contribution is 0.416. The van der Waals surface area contributed by atoms with E-state index in [1.165, 1.54) is 18.4 Å². The van der Waals surface area contributed by atoms with Crippen molar-refractivity contribution in [2.75, 3.05) is 19.0 Å². The molecule has 0 atom stereocenters. The van der Waals surface area contributed by atoms with Crippen molar-refractivity contribution in [1.82, 2.24) is 0 Å². The van der Waals surface area contributed by atoms with Crippen molar-refractivity contribution in [3.05, 3.63) is 22.2 Å². The summed E-state index contributed by atoms with van der Waals surface area (Å²) in [7, 11) is 1.70. The van der Waals surface area contributed by atoms with Crippen LogP contribution >= 0.6 is 15.9 Å². The molecule has 84 valence electrons. The Morgan fingerprint density at radius 1 is 1.40 bits per heavy atom. The fraction of sp³-hybridized carbons (Fsp3) is 0.500. The van der Waals surface area contributed by atoms with Gasteiger partial charge in [0.25, 0.3) is 0 Å². The van der Waals surface area contributed by atoms with E-state index in [4.69, 9.17) is 4.74 Å². The van der Waals surface area contributed by atoms with Gasteiger partial charge < -0.3 is 10.1 Å². The van der Waals surface area contributed by atoms with Gasteiger partial charge in [-0.3, -0.25) is 0 Å². The van der Waals surface area contributed by atoms with Gasteiger partial charge in [-0.25, -0.2) is 0 Å². The number of ether oxygens (including phenoxy) is 1. The maximum atomic E-state index is 5.35. The fourth-order valence-corrected chi connectivity index (χ4v) is 2.04. The van der Waals surface area contributed by atoms with Gasteiger partial charge in [-0.1, -0.05) is 29.3 Å². The van der Waals surface area contributed by atoms with E-state index in [1.54, 1.807) is 7.11 Å². The molecule has 1 aromatic carbocycles. The molecule has 1 N–H and O–H groups in total. The largest absolute Gasteiger partial charge is 0.495 e. The van der Waals surface area contributed by atoms with Crippen LogP contribution in [0.25, 0.3) is 0 Å². The number of halogens is 1. The quantitative estimate of drug-likeness (QED) is 0.819. The highest BCUT2D eigenvalue weighted by Gasteiger charge is 2.06. The second kappa shape index (κ2) is 6.01. The van der Waals surface area contributed by atoms with Crippen molar-refractivity contribution >= 4 is 21.6 Å². The Hall–Kier alpha value is -0.700. The second-order valence-corrected chi connectivity index (χ2v) is 4.50. The predicted molar refractivity (Wildman–Crippen MR) is 68.8 cm³/mol. The number of nitrogens with one attached hydrogen (secondary N) is 1. The van der Waals surface area contributed by atoms with Crippen LogP contribution in [0.2, 0.25) is 0 Å².